The molecule has 6 nitrogen and oxygen atoms in total. The molecular weight excluding hydrogens is 326 g/mol. The van der Waals surface area contributed by atoms with E-state index in [1.807, 2.05) is 30.3 Å². The van der Waals surface area contributed by atoms with E-state index in [9.17, 15) is 13.2 Å². The average Bonchev–Trinajstić information content (AvgIpc) is 2.86. The predicted molar refractivity (Wildman–Crippen MR) is 92.6 cm³/mol. The van der Waals surface area contributed by atoms with Crippen LogP contribution in [0.15, 0.2) is 64.5 Å². The molecule has 1 N–H and O–H groups in total. The van der Waals surface area contributed by atoms with E-state index in [2.05, 4.69) is 9.71 Å². The Morgan fingerprint density at radius 1 is 1.08 bits per heavy atom. The minimum absolute atomic E-state index is 0.0836. The number of hydrogen-bond acceptors (Lipinski definition) is 4. The number of para-hydroxylation sites is 1. The van der Waals surface area contributed by atoms with Gasteiger partial charge < -0.3 is 4.90 Å². The fourth-order valence-corrected chi connectivity index (χ4v) is 3.73. The normalized spacial score (nSPS) is 16.5. The van der Waals surface area contributed by atoms with Crippen LogP contribution in [0.3, 0.4) is 0 Å². The molecular formula is C17H17N3O3S. The van der Waals surface area contributed by atoms with Crippen molar-refractivity contribution in [3.8, 4) is 0 Å². The van der Waals surface area contributed by atoms with Crippen molar-refractivity contribution in [3.05, 3.63) is 60.2 Å². The van der Waals surface area contributed by atoms with Crippen LogP contribution in [0.1, 0.15) is 12.0 Å². The van der Waals surface area contributed by atoms with Gasteiger partial charge in [0.15, 0.2) is 0 Å². The molecule has 1 amide bonds. The van der Waals surface area contributed by atoms with E-state index in [1.165, 1.54) is 6.07 Å². The van der Waals surface area contributed by atoms with Crippen LogP contribution in [0.5, 0.6) is 0 Å². The minimum Gasteiger partial charge on any atom is -0.315 e. The molecule has 0 fully saturated rings. The lowest BCUT2D eigenvalue weighted by Crippen LogP contribution is -2.27. The largest absolute Gasteiger partial charge is 0.315 e. The van der Waals surface area contributed by atoms with Gasteiger partial charge in [0, 0.05) is 24.7 Å². The van der Waals surface area contributed by atoms with Crippen molar-refractivity contribution >= 4 is 27.5 Å². The van der Waals surface area contributed by atoms with Gasteiger partial charge in [0.2, 0.25) is 5.91 Å². The number of aliphatic imine (C=N–C) groups is 1. The maximum Gasteiger partial charge on any atom is 0.263 e. The molecule has 0 aliphatic carbocycles. The Morgan fingerprint density at radius 2 is 1.75 bits per heavy atom. The van der Waals surface area contributed by atoms with E-state index in [-0.39, 0.29) is 23.8 Å². The Balaban J connectivity index is 1.68. The topological polar surface area (TPSA) is 78.8 Å². The second-order valence-electron chi connectivity index (χ2n) is 5.37. The molecule has 0 saturated heterocycles. The summed E-state index contributed by atoms with van der Waals surface area (Å²) in [6.07, 6.45) is 0.193. The molecule has 0 unspecified atom stereocenters. The lowest BCUT2D eigenvalue weighted by atomic mass is 10.2. The first-order chi connectivity index (χ1) is 11.5. The molecule has 0 atom stereocenters. The number of sulfonamides is 1. The van der Waals surface area contributed by atoms with E-state index >= 15 is 0 Å². The molecule has 24 heavy (non-hydrogen) atoms. The summed E-state index contributed by atoms with van der Waals surface area (Å²) >= 11 is 0. The zero-order valence-corrected chi connectivity index (χ0v) is 14.0. The molecule has 2 aromatic rings. The molecule has 2 aromatic carbocycles. The third-order valence-corrected chi connectivity index (χ3v) is 5.17. The number of anilines is 1. The van der Waals surface area contributed by atoms with E-state index < -0.39 is 10.0 Å². The van der Waals surface area contributed by atoms with Gasteiger partial charge in [0.1, 0.15) is 5.84 Å². The van der Waals surface area contributed by atoms with Crippen LogP contribution in [0.4, 0.5) is 5.69 Å². The number of carbonyl (C=O) groups excluding carboxylic acids is 1. The highest BCUT2D eigenvalue weighted by Gasteiger charge is 2.29. The minimum atomic E-state index is -3.54. The van der Waals surface area contributed by atoms with Gasteiger partial charge >= 0.3 is 0 Å². The van der Waals surface area contributed by atoms with E-state index in [4.69, 9.17) is 0 Å². The fourth-order valence-electron chi connectivity index (χ4n) is 2.48. The highest BCUT2D eigenvalue weighted by Crippen LogP contribution is 2.22. The van der Waals surface area contributed by atoms with Crippen LogP contribution in [-0.2, 0) is 14.8 Å². The highest BCUT2D eigenvalue weighted by atomic mass is 32.2. The van der Waals surface area contributed by atoms with Crippen molar-refractivity contribution < 1.29 is 13.2 Å². The molecule has 1 aliphatic rings. The number of benzene rings is 2. The standard InChI is InChI=1S/C17H17N3O3S/c1-20(13-7-3-2-4-8-13)16(21)11-12-18-17-14-9-5-6-10-15(14)24(22,23)19-17/h2-10H,11-12H2,1H3,(H,18,19). The van der Waals surface area contributed by atoms with Gasteiger partial charge in [-0.3, -0.25) is 14.5 Å². The number of rotatable bonds is 4. The van der Waals surface area contributed by atoms with Gasteiger partial charge in [-0.1, -0.05) is 30.3 Å². The van der Waals surface area contributed by atoms with Gasteiger partial charge in [-0.25, -0.2) is 8.42 Å². The SMILES string of the molecule is CN(C(=O)CCN=C1NS(=O)(=O)c2ccccc21)c1ccccc1. The van der Waals surface area contributed by atoms with Crippen molar-refractivity contribution in [2.75, 3.05) is 18.5 Å². The fraction of sp³-hybridized carbons (Fsp3) is 0.176. The summed E-state index contributed by atoms with van der Waals surface area (Å²) in [5.74, 6) is 0.209. The van der Waals surface area contributed by atoms with Gasteiger partial charge in [-0.15, -0.1) is 0 Å². The van der Waals surface area contributed by atoms with E-state index in [0.29, 0.717) is 11.4 Å². The van der Waals surface area contributed by atoms with Crippen molar-refractivity contribution in [1.29, 1.82) is 0 Å². The molecule has 7 heteroatoms. The molecule has 0 bridgehead atoms. The number of fused-ring (bicyclic) bond motifs is 1. The molecule has 0 aromatic heterocycles. The first kappa shape index (κ1) is 16.2. The third-order valence-electron chi connectivity index (χ3n) is 3.78. The zero-order chi connectivity index (χ0) is 17.2. The van der Waals surface area contributed by atoms with Gasteiger partial charge in [-0.05, 0) is 24.3 Å². The quantitative estimate of drug-likeness (QED) is 0.919. The number of nitrogens with zero attached hydrogens (tertiary/aromatic N) is 2. The summed E-state index contributed by atoms with van der Waals surface area (Å²) in [4.78, 5) is 18.2. The summed E-state index contributed by atoms with van der Waals surface area (Å²) in [5.41, 5.74) is 1.35. The second-order valence-corrected chi connectivity index (χ2v) is 7.02. The maximum absolute atomic E-state index is 12.2. The first-order valence-electron chi connectivity index (χ1n) is 7.47. The maximum atomic E-state index is 12.2. The van der Waals surface area contributed by atoms with E-state index in [0.717, 1.165) is 5.69 Å². The van der Waals surface area contributed by atoms with Crippen LogP contribution in [0.25, 0.3) is 0 Å². The molecule has 0 saturated carbocycles. The highest BCUT2D eigenvalue weighted by molar-refractivity contribution is 7.90. The molecule has 124 valence electrons. The first-order valence-corrected chi connectivity index (χ1v) is 8.95. The summed E-state index contributed by atoms with van der Waals surface area (Å²) in [5, 5.41) is 0. The number of hydrogen-bond donors (Lipinski definition) is 1. The zero-order valence-electron chi connectivity index (χ0n) is 13.1. The Kier molecular flexibility index (Phi) is 4.35. The molecule has 1 aliphatic heterocycles. The molecule has 0 radical (unpaired) electrons. The van der Waals surface area contributed by atoms with Crippen LogP contribution in [0, 0.1) is 0 Å². The Morgan fingerprint density at radius 3 is 2.50 bits per heavy atom. The lowest BCUT2D eigenvalue weighted by molar-refractivity contribution is -0.118. The van der Waals surface area contributed by atoms with Crippen molar-refractivity contribution in [3.63, 3.8) is 0 Å². The Hall–Kier alpha value is -2.67. The van der Waals surface area contributed by atoms with Crippen LogP contribution in [-0.4, -0.2) is 33.8 Å². The summed E-state index contributed by atoms with van der Waals surface area (Å²) in [6, 6.07) is 16.0. The van der Waals surface area contributed by atoms with Crippen molar-refractivity contribution in [2.45, 2.75) is 11.3 Å². The molecule has 1 heterocycles. The number of carbonyl (C=O) groups is 1. The second kappa shape index (κ2) is 6.45. The number of amides is 1. The summed E-state index contributed by atoms with van der Waals surface area (Å²) in [7, 11) is -1.83. The predicted octanol–water partition coefficient (Wildman–Crippen LogP) is 1.78. The lowest BCUT2D eigenvalue weighted by Gasteiger charge is -2.16. The molecule has 3 rings (SSSR count). The Bertz CT molecular complexity index is 892. The Labute approximate surface area is 140 Å². The summed E-state index contributed by atoms with van der Waals surface area (Å²) < 4.78 is 26.4. The average molecular weight is 343 g/mol. The van der Waals surface area contributed by atoms with Crippen LogP contribution < -0.4 is 9.62 Å². The van der Waals surface area contributed by atoms with Gasteiger partial charge in [0.25, 0.3) is 10.0 Å². The molecule has 0 spiro atoms. The number of amidine groups is 1. The van der Waals surface area contributed by atoms with Gasteiger partial charge in [-0.2, -0.15) is 0 Å². The third kappa shape index (κ3) is 3.16. The number of nitrogens with one attached hydrogen (secondary N) is 1. The smallest absolute Gasteiger partial charge is 0.263 e. The van der Waals surface area contributed by atoms with Gasteiger partial charge in [0.05, 0.1) is 11.4 Å². The van der Waals surface area contributed by atoms with Crippen LogP contribution >= 0.6 is 0 Å². The summed E-state index contributed by atoms with van der Waals surface area (Å²) in [6.45, 7) is 0.211. The van der Waals surface area contributed by atoms with Crippen molar-refractivity contribution in [1.82, 2.24) is 4.72 Å². The van der Waals surface area contributed by atoms with Crippen molar-refractivity contribution in [2.24, 2.45) is 4.99 Å². The van der Waals surface area contributed by atoms with Crippen LogP contribution in [0.2, 0.25) is 0 Å². The monoisotopic (exact) mass is 343 g/mol. The van der Waals surface area contributed by atoms with E-state index in [1.54, 1.807) is 30.1 Å².